The second-order valence-corrected chi connectivity index (χ2v) is 16.5. The average molecular weight is 772 g/mol. The summed E-state index contributed by atoms with van der Waals surface area (Å²) in [6.45, 7) is 9.15. The molecule has 1 saturated carbocycles. The molecule has 0 spiro atoms. The predicted molar refractivity (Wildman–Crippen MR) is 205 cm³/mol. The van der Waals surface area contributed by atoms with Gasteiger partial charge in [-0.2, -0.15) is 0 Å². The van der Waals surface area contributed by atoms with Crippen molar-refractivity contribution in [2.24, 2.45) is 5.92 Å². The van der Waals surface area contributed by atoms with Crippen LogP contribution in [0.3, 0.4) is 0 Å². The van der Waals surface area contributed by atoms with Gasteiger partial charge in [-0.25, -0.2) is 4.79 Å². The maximum atomic E-state index is 15.0. The van der Waals surface area contributed by atoms with Crippen LogP contribution in [-0.4, -0.2) is 72.5 Å². The summed E-state index contributed by atoms with van der Waals surface area (Å²) in [4.78, 5) is 32.6. The number of carbonyl (C=O) groups excluding carboxylic acids is 2. The summed E-state index contributed by atoms with van der Waals surface area (Å²) in [5.41, 5.74) is 3.41. The average Bonchev–Trinajstić information content (AvgIpc) is 3.88. The fourth-order valence-electron chi connectivity index (χ4n) is 7.70. The predicted octanol–water partition coefficient (Wildman–Crippen LogP) is 9.66. The van der Waals surface area contributed by atoms with Crippen molar-refractivity contribution >= 4 is 46.8 Å². The second-order valence-electron chi connectivity index (χ2n) is 15.2. The summed E-state index contributed by atoms with van der Waals surface area (Å²) in [5.74, 6) is 0.671. The number of hydrogen-bond donors (Lipinski definition) is 0. The molecular formula is C41H49Cl3N2O6. The molecule has 4 atom stereocenters. The van der Waals surface area contributed by atoms with Gasteiger partial charge in [-0.15, -0.1) is 0 Å². The third kappa shape index (κ3) is 9.12. The van der Waals surface area contributed by atoms with Gasteiger partial charge in [-0.3, -0.25) is 4.79 Å². The number of rotatable bonds is 13. The van der Waals surface area contributed by atoms with Crippen LogP contribution in [-0.2, 0) is 27.2 Å². The molecule has 52 heavy (non-hydrogen) atoms. The number of benzene rings is 3. The molecule has 2 aliphatic heterocycles. The van der Waals surface area contributed by atoms with Crippen molar-refractivity contribution in [3.05, 3.63) is 91.9 Å². The topological polar surface area (TPSA) is 77.5 Å². The van der Waals surface area contributed by atoms with E-state index in [9.17, 15) is 4.79 Å². The molecule has 2 heterocycles. The fraction of sp³-hybridized carbons (Fsp3) is 0.512. The first-order valence-electron chi connectivity index (χ1n) is 18.2. The number of nitrogens with zero attached hydrogens (tertiary/aromatic N) is 2. The molecule has 3 fully saturated rings. The molecule has 11 heteroatoms. The van der Waals surface area contributed by atoms with Gasteiger partial charge in [0.1, 0.15) is 24.6 Å². The van der Waals surface area contributed by atoms with E-state index in [1.807, 2.05) is 73.9 Å². The smallest absolute Gasteiger partial charge is 0.410 e. The molecule has 3 aliphatic rings. The maximum Gasteiger partial charge on any atom is 0.410 e. The van der Waals surface area contributed by atoms with E-state index in [0.29, 0.717) is 52.7 Å². The van der Waals surface area contributed by atoms with Gasteiger partial charge < -0.3 is 28.7 Å². The first kappa shape index (κ1) is 38.6. The van der Waals surface area contributed by atoms with E-state index in [4.69, 9.17) is 53.8 Å². The van der Waals surface area contributed by atoms with Gasteiger partial charge in [0.05, 0.1) is 22.6 Å². The van der Waals surface area contributed by atoms with Gasteiger partial charge in [0.25, 0.3) is 0 Å². The Hall–Kier alpha value is -3.17. The quantitative estimate of drug-likeness (QED) is 0.161. The minimum Gasteiger partial charge on any atom is -0.490 e. The number of fused-ring (bicyclic) bond motifs is 2. The highest BCUT2D eigenvalue weighted by Crippen LogP contribution is 2.49. The molecule has 2 bridgehead atoms. The van der Waals surface area contributed by atoms with Gasteiger partial charge in [-0.1, -0.05) is 59.1 Å². The molecule has 6 rings (SSSR count). The number of ether oxygens (including phenoxy) is 4. The van der Waals surface area contributed by atoms with Crippen LogP contribution in [0.25, 0.3) is 0 Å². The van der Waals surface area contributed by atoms with E-state index in [-0.39, 0.29) is 42.7 Å². The van der Waals surface area contributed by atoms with Crippen molar-refractivity contribution in [3.8, 4) is 11.5 Å². The molecular weight excluding hydrogens is 723 g/mol. The largest absolute Gasteiger partial charge is 0.490 e. The van der Waals surface area contributed by atoms with Gasteiger partial charge in [0.2, 0.25) is 5.91 Å². The van der Waals surface area contributed by atoms with Crippen LogP contribution in [0.5, 0.6) is 11.5 Å². The normalized spacial score (nSPS) is 21.2. The third-order valence-electron chi connectivity index (χ3n) is 10.2. The summed E-state index contributed by atoms with van der Waals surface area (Å²) in [6.07, 6.45) is 4.57. The Kier molecular flexibility index (Phi) is 12.2. The standard InChI is InChI=1S/C41H49Cl3N2O6/c1-25-20-34(43)38(35(44)21-25)51-19-18-50-31-12-7-27(8-13-31)32-23-30-11-15-36(46(30)40(48)52-41(2,3)4)37(32)39(47)45(29-9-10-29)24-28-22-26(16-17-49-5)6-14-33(28)42/h6-8,12-14,20-22,29-30,32,36-37H,9-11,15-19,23-24H2,1-5H3/t30-,32?,36?,37?/m0/s1. The van der Waals surface area contributed by atoms with Crippen molar-refractivity contribution in [3.63, 3.8) is 0 Å². The molecule has 280 valence electrons. The molecule has 8 nitrogen and oxygen atoms in total. The van der Waals surface area contributed by atoms with Crippen molar-refractivity contribution in [2.45, 2.75) is 102 Å². The number of halogens is 3. The van der Waals surface area contributed by atoms with E-state index in [0.717, 1.165) is 54.4 Å². The van der Waals surface area contributed by atoms with E-state index in [1.54, 1.807) is 7.11 Å². The number of piperidine rings is 1. The zero-order valence-electron chi connectivity index (χ0n) is 30.6. The van der Waals surface area contributed by atoms with Gasteiger partial charge in [-0.05, 0) is 125 Å². The lowest BCUT2D eigenvalue weighted by molar-refractivity contribution is -0.141. The van der Waals surface area contributed by atoms with E-state index < -0.39 is 11.5 Å². The minimum absolute atomic E-state index is 0.0105. The summed E-state index contributed by atoms with van der Waals surface area (Å²) in [6, 6.07) is 17.5. The second kappa shape index (κ2) is 16.5. The molecule has 0 N–H and O–H groups in total. The fourth-order valence-corrected chi connectivity index (χ4v) is 8.58. The van der Waals surface area contributed by atoms with E-state index in [2.05, 4.69) is 18.2 Å². The lowest BCUT2D eigenvalue weighted by Gasteiger charge is -2.45. The zero-order valence-corrected chi connectivity index (χ0v) is 32.9. The van der Waals surface area contributed by atoms with Crippen LogP contribution in [0.15, 0.2) is 54.6 Å². The molecule has 0 aromatic heterocycles. The van der Waals surface area contributed by atoms with Crippen LogP contribution in [0, 0.1) is 12.8 Å². The molecule has 3 aromatic carbocycles. The first-order chi connectivity index (χ1) is 24.8. The van der Waals surface area contributed by atoms with Crippen LogP contribution in [0.4, 0.5) is 4.79 Å². The monoisotopic (exact) mass is 770 g/mol. The molecule has 3 unspecified atom stereocenters. The number of carbonyl (C=O) groups is 2. The van der Waals surface area contributed by atoms with Crippen LogP contribution in [0.1, 0.15) is 81.0 Å². The molecule has 3 aromatic rings. The van der Waals surface area contributed by atoms with Crippen LogP contribution in [0.2, 0.25) is 15.1 Å². The number of methoxy groups -OCH3 is 1. The summed E-state index contributed by atoms with van der Waals surface area (Å²) >= 11 is 19.4. The summed E-state index contributed by atoms with van der Waals surface area (Å²) in [5, 5.41) is 1.57. The number of hydrogen-bond acceptors (Lipinski definition) is 6. The van der Waals surface area contributed by atoms with Gasteiger partial charge in [0.15, 0.2) is 5.75 Å². The van der Waals surface area contributed by atoms with Crippen molar-refractivity contribution in [2.75, 3.05) is 26.9 Å². The first-order valence-corrected chi connectivity index (χ1v) is 19.4. The molecule has 2 saturated heterocycles. The SMILES string of the molecule is COCCc1ccc(Cl)c(CN(C(=O)C2C(c3ccc(OCCOc4c(Cl)cc(C)cc4Cl)cc3)C[C@@H]3CCC2N3C(=O)OC(C)(C)C)C2CC2)c1. The number of amides is 2. The Balaban J connectivity index is 1.22. The zero-order chi connectivity index (χ0) is 37.2. The summed E-state index contributed by atoms with van der Waals surface area (Å²) < 4.78 is 23.0. The summed E-state index contributed by atoms with van der Waals surface area (Å²) in [7, 11) is 1.69. The van der Waals surface area contributed by atoms with Crippen LogP contribution < -0.4 is 9.47 Å². The van der Waals surface area contributed by atoms with E-state index in [1.165, 1.54) is 0 Å². The molecule has 0 radical (unpaired) electrons. The van der Waals surface area contributed by atoms with Crippen molar-refractivity contribution in [1.29, 1.82) is 0 Å². The van der Waals surface area contributed by atoms with Crippen molar-refractivity contribution in [1.82, 2.24) is 9.80 Å². The third-order valence-corrected chi connectivity index (χ3v) is 11.1. The molecule has 2 amide bonds. The molecule has 1 aliphatic carbocycles. The highest BCUT2D eigenvalue weighted by Gasteiger charge is 2.55. The Morgan fingerprint density at radius 2 is 1.56 bits per heavy atom. The van der Waals surface area contributed by atoms with Gasteiger partial charge >= 0.3 is 6.09 Å². The number of aryl methyl sites for hydroxylation is 1. The Morgan fingerprint density at radius 3 is 2.21 bits per heavy atom. The van der Waals surface area contributed by atoms with Crippen molar-refractivity contribution < 1.29 is 28.5 Å². The Morgan fingerprint density at radius 1 is 0.865 bits per heavy atom. The van der Waals surface area contributed by atoms with E-state index >= 15 is 4.79 Å². The Bertz CT molecular complexity index is 1720. The lowest BCUT2D eigenvalue weighted by atomic mass is 9.75. The highest BCUT2D eigenvalue weighted by molar-refractivity contribution is 6.37. The van der Waals surface area contributed by atoms with Crippen LogP contribution >= 0.6 is 34.8 Å². The maximum absolute atomic E-state index is 15.0. The lowest BCUT2D eigenvalue weighted by Crippen LogP contribution is -2.56. The minimum atomic E-state index is -0.642. The van der Waals surface area contributed by atoms with Gasteiger partial charge in [0, 0.05) is 36.8 Å². The Labute approximate surface area is 322 Å². The highest BCUT2D eigenvalue weighted by atomic mass is 35.5.